The van der Waals surface area contributed by atoms with E-state index in [0.29, 0.717) is 10.6 Å². The molecule has 1 aliphatic heterocycles. The summed E-state index contributed by atoms with van der Waals surface area (Å²) in [4.78, 5) is 38.9. The molecule has 7 heteroatoms. The molecule has 0 bridgehead atoms. The zero-order chi connectivity index (χ0) is 23.0. The lowest BCUT2D eigenvalue weighted by Crippen LogP contribution is -2.53. The van der Waals surface area contributed by atoms with Crippen LogP contribution in [-0.2, 0) is 16.1 Å². The summed E-state index contributed by atoms with van der Waals surface area (Å²) in [6, 6.07) is 16.1. The number of halogens is 1. The van der Waals surface area contributed by atoms with E-state index in [2.05, 4.69) is 5.32 Å². The van der Waals surface area contributed by atoms with Gasteiger partial charge in [-0.1, -0.05) is 48.0 Å². The predicted molar refractivity (Wildman–Crippen MR) is 123 cm³/mol. The van der Waals surface area contributed by atoms with Crippen molar-refractivity contribution in [2.45, 2.75) is 27.3 Å². The van der Waals surface area contributed by atoms with Gasteiger partial charge in [0, 0.05) is 22.1 Å². The second-order valence-corrected chi connectivity index (χ2v) is 8.20. The normalized spacial score (nSPS) is 15.4. The van der Waals surface area contributed by atoms with Crippen LogP contribution < -0.4 is 5.32 Å². The van der Waals surface area contributed by atoms with Crippen LogP contribution in [0.25, 0.3) is 11.8 Å². The lowest BCUT2D eigenvalue weighted by Gasteiger charge is -2.26. The third kappa shape index (κ3) is 3.97. The monoisotopic (exact) mass is 447 g/mol. The Morgan fingerprint density at radius 2 is 1.69 bits per heavy atom. The molecule has 6 nitrogen and oxygen atoms in total. The molecule has 1 N–H and O–H groups in total. The average Bonchev–Trinajstić information content (AvgIpc) is 3.04. The maximum atomic E-state index is 13.1. The Balaban J connectivity index is 1.71. The first-order valence-electron chi connectivity index (χ1n) is 10.1. The van der Waals surface area contributed by atoms with Crippen LogP contribution in [0.2, 0.25) is 5.02 Å². The molecule has 2 aromatic carbocycles. The molecular formula is C25H22ClN3O3. The van der Waals surface area contributed by atoms with Gasteiger partial charge in [0.2, 0.25) is 0 Å². The number of nitrogens with one attached hydrogen (secondary N) is 1. The van der Waals surface area contributed by atoms with Gasteiger partial charge in [0.15, 0.2) is 0 Å². The summed E-state index contributed by atoms with van der Waals surface area (Å²) < 4.78 is 2.01. The van der Waals surface area contributed by atoms with Gasteiger partial charge in [-0.2, -0.15) is 0 Å². The first kappa shape index (κ1) is 21.6. The van der Waals surface area contributed by atoms with E-state index in [9.17, 15) is 14.4 Å². The van der Waals surface area contributed by atoms with Gasteiger partial charge in [-0.3, -0.25) is 19.8 Å². The third-order valence-corrected chi connectivity index (χ3v) is 5.96. The number of imide groups is 2. The molecule has 1 saturated heterocycles. The number of hydrogen-bond donors (Lipinski definition) is 1. The van der Waals surface area contributed by atoms with Crippen LogP contribution >= 0.6 is 11.6 Å². The number of nitrogens with zero attached hydrogens (tertiary/aromatic N) is 2. The third-order valence-electron chi connectivity index (χ3n) is 5.55. The van der Waals surface area contributed by atoms with Crippen molar-refractivity contribution in [1.82, 2.24) is 14.8 Å². The van der Waals surface area contributed by atoms with Crippen molar-refractivity contribution in [3.63, 3.8) is 0 Å². The fourth-order valence-electron chi connectivity index (χ4n) is 3.81. The molecule has 4 amide bonds. The van der Waals surface area contributed by atoms with Gasteiger partial charge in [-0.25, -0.2) is 4.79 Å². The minimum absolute atomic E-state index is 0.0804. The number of barbiturate groups is 1. The second-order valence-electron chi connectivity index (χ2n) is 7.79. The summed E-state index contributed by atoms with van der Waals surface area (Å²) in [6.45, 7) is 5.87. The summed E-state index contributed by atoms with van der Waals surface area (Å²) in [5.41, 5.74) is 5.07. The molecule has 3 aromatic rings. The molecule has 0 spiro atoms. The largest absolute Gasteiger partial charge is 0.331 e. The van der Waals surface area contributed by atoms with Gasteiger partial charge < -0.3 is 4.57 Å². The van der Waals surface area contributed by atoms with Crippen LogP contribution in [0.5, 0.6) is 0 Å². The molecule has 1 fully saturated rings. The number of aromatic nitrogens is 1. The van der Waals surface area contributed by atoms with Crippen LogP contribution in [0.1, 0.15) is 28.1 Å². The second kappa shape index (κ2) is 8.48. The first-order chi connectivity index (χ1) is 15.3. The molecule has 0 atom stereocenters. The predicted octanol–water partition coefficient (Wildman–Crippen LogP) is 4.72. The summed E-state index contributed by atoms with van der Waals surface area (Å²) in [5.74, 6) is -1.32. The minimum Gasteiger partial charge on any atom is -0.318 e. The van der Waals surface area contributed by atoms with Gasteiger partial charge in [0.25, 0.3) is 11.8 Å². The Morgan fingerprint density at radius 3 is 2.38 bits per heavy atom. The molecule has 4 rings (SSSR count). The highest BCUT2D eigenvalue weighted by Crippen LogP contribution is 2.27. The quantitative estimate of drug-likeness (QED) is 0.464. The van der Waals surface area contributed by atoms with Crippen molar-refractivity contribution in [1.29, 1.82) is 0 Å². The van der Waals surface area contributed by atoms with E-state index in [1.165, 1.54) is 6.08 Å². The van der Waals surface area contributed by atoms with Gasteiger partial charge in [-0.15, -0.1) is 0 Å². The fraction of sp³-hybridized carbons (Fsp3) is 0.160. The Hall–Kier alpha value is -3.64. The number of benzene rings is 2. The maximum absolute atomic E-state index is 13.1. The molecule has 32 heavy (non-hydrogen) atoms. The van der Waals surface area contributed by atoms with Crippen LogP contribution in [-0.4, -0.2) is 27.3 Å². The van der Waals surface area contributed by atoms with Crippen molar-refractivity contribution >= 4 is 35.5 Å². The lowest BCUT2D eigenvalue weighted by molar-refractivity contribution is -0.130. The van der Waals surface area contributed by atoms with Crippen LogP contribution in [0.15, 0.2) is 60.2 Å². The maximum Gasteiger partial charge on any atom is 0.331 e. The molecule has 162 valence electrons. The number of carbonyl (C=O) groups excluding carboxylic acids is 3. The van der Waals surface area contributed by atoms with E-state index in [0.717, 1.165) is 33.1 Å². The van der Waals surface area contributed by atoms with E-state index in [1.54, 1.807) is 0 Å². The van der Waals surface area contributed by atoms with Gasteiger partial charge >= 0.3 is 6.03 Å². The highest BCUT2D eigenvalue weighted by molar-refractivity contribution is 6.31. The van der Waals surface area contributed by atoms with Crippen LogP contribution in [0.3, 0.4) is 0 Å². The van der Waals surface area contributed by atoms with E-state index >= 15 is 0 Å². The summed E-state index contributed by atoms with van der Waals surface area (Å²) in [6.07, 6.45) is 1.54. The van der Waals surface area contributed by atoms with Crippen LogP contribution in [0.4, 0.5) is 4.79 Å². The molecule has 0 aliphatic carbocycles. The first-order valence-corrected chi connectivity index (χ1v) is 10.5. The Morgan fingerprint density at radius 1 is 0.969 bits per heavy atom. The Kier molecular flexibility index (Phi) is 5.72. The van der Waals surface area contributed by atoms with Gasteiger partial charge in [0.1, 0.15) is 5.57 Å². The van der Waals surface area contributed by atoms with Crippen molar-refractivity contribution in [2.24, 2.45) is 0 Å². The molecule has 1 aromatic heterocycles. The Labute approximate surface area is 191 Å². The fourth-order valence-corrected chi connectivity index (χ4v) is 3.99. The van der Waals surface area contributed by atoms with Gasteiger partial charge in [0.05, 0.1) is 6.54 Å². The molecule has 1 aliphatic rings. The smallest absolute Gasteiger partial charge is 0.318 e. The number of hydrogen-bond acceptors (Lipinski definition) is 3. The van der Waals surface area contributed by atoms with Crippen molar-refractivity contribution in [3.05, 3.63) is 93.3 Å². The standard InChI is InChI=1S/C25H22ClN3O3/c1-15-9-10-20(13-22(15)26)29-16(2)11-19(17(29)3)12-21-23(30)27-25(32)28(24(21)31)14-18-7-5-4-6-8-18/h4-13H,14H2,1-3H3,(H,27,30,32)/b21-12+. The average molecular weight is 448 g/mol. The number of carbonyl (C=O) groups is 3. The summed E-state index contributed by atoms with van der Waals surface area (Å²) in [7, 11) is 0. The SMILES string of the molecule is Cc1ccc(-n2c(C)cc(/C=C3\C(=O)NC(=O)N(Cc4ccccc4)C3=O)c2C)cc1Cl. The molecule has 2 heterocycles. The molecule has 0 saturated carbocycles. The highest BCUT2D eigenvalue weighted by Gasteiger charge is 2.35. The topological polar surface area (TPSA) is 71.4 Å². The van der Waals surface area contributed by atoms with E-state index in [-0.39, 0.29) is 12.1 Å². The molecular weight excluding hydrogens is 426 g/mol. The number of aryl methyl sites for hydroxylation is 2. The lowest BCUT2D eigenvalue weighted by atomic mass is 10.1. The van der Waals surface area contributed by atoms with E-state index in [1.807, 2.05) is 79.9 Å². The van der Waals surface area contributed by atoms with Crippen molar-refractivity contribution in [3.8, 4) is 5.69 Å². The number of rotatable bonds is 4. The van der Waals surface area contributed by atoms with E-state index in [4.69, 9.17) is 11.6 Å². The van der Waals surface area contributed by atoms with Gasteiger partial charge in [-0.05, 0) is 61.7 Å². The van der Waals surface area contributed by atoms with Crippen molar-refractivity contribution in [2.75, 3.05) is 0 Å². The molecule has 0 unspecified atom stereocenters. The molecule has 0 radical (unpaired) electrons. The number of amides is 4. The number of urea groups is 1. The zero-order valence-corrected chi connectivity index (χ0v) is 18.7. The summed E-state index contributed by atoms with van der Waals surface area (Å²) in [5, 5.41) is 2.93. The minimum atomic E-state index is -0.722. The highest BCUT2D eigenvalue weighted by atomic mass is 35.5. The Bertz CT molecular complexity index is 1280. The van der Waals surface area contributed by atoms with Crippen molar-refractivity contribution < 1.29 is 14.4 Å². The van der Waals surface area contributed by atoms with Crippen LogP contribution in [0, 0.1) is 20.8 Å². The van der Waals surface area contributed by atoms with E-state index < -0.39 is 17.8 Å². The zero-order valence-electron chi connectivity index (χ0n) is 18.0. The summed E-state index contributed by atoms with van der Waals surface area (Å²) >= 11 is 6.30.